The molecule has 22 heavy (non-hydrogen) atoms. The number of aromatic nitrogens is 5. The van der Waals surface area contributed by atoms with Gasteiger partial charge in [0.25, 0.3) is 0 Å². The number of hydrogen-bond acceptors (Lipinski definition) is 5. The monoisotopic (exact) mass is 294 g/mol. The van der Waals surface area contributed by atoms with E-state index in [0.717, 1.165) is 53.6 Å². The van der Waals surface area contributed by atoms with Gasteiger partial charge in [-0.05, 0) is 32.4 Å². The summed E-state index contributed by atoms with van der Waals surface area (Å²) in [6, 6.07) is 8.26. The van der Waals surface area contributed by atoms with Gasteiger partial charge in [0.1, 0.15) is 17.5 Å². The molecule has 2 aromatic heterocycles. The zero-order chi connectivity index (χ0) is 15.1. The molecule has 6 nitrogen and oxygen atoms in total. The highest BCUT2D eigenvalue weighted by molar-refractivity contribution is 5.76. The van der Waals surface area contributed by atoms with Crippen molar-refractivity contribution in [2.24, 2.45) is 0 Å². The summed E-state index contributed by atoms with van der Waals surface area (Å²) in [5.41, 5.74) is 2.78. The van der Waals surface area contributed by atoms with Crippen molar-refractivity contribution in [1.29, 1.82) is 0 Å². The third-order valence-corrected chi connectivity index (χ3v) is 4.05. The molecule has 0 amide bonds. The van der Waals surface area contributed by atoms with Crippen LogP contribution in [0.3, 0.4) is 0 Å². The summed E-state index contributed by atoms with van der Waals surface area (Å²) >= 11 is 0. The number of benzene rings is 1. The summed E-state index contributed by atoms with van der Waals surface area (Å²) < 4.78 is 2.00. The van der Waals surface area contributed by atoms with Gasteiger partial charge in [-0.25, -0.2) is 19.6 Å². The summed E-state index contributed by atoms with van der Waals surface area (Å²) in [4.78, 5) is 13.8. The van der Waals surface area contributed by atoms with E-state index in [0.29, 0.717) is 6.04 Å². The Morgan fingerprint density at radius 1 is 1.09 bits per heavy atom. The average molecular weight is 294 g/mol. The first-order valence-corrected chi connectivity index (χ1v) is 7.59. The average Bonchev–Trinajstić information content (AvgIpc) is 2.87. The van der Waals surface area contributed by atoms with Gasteiger partial charge in [0, 0.05) is 12.5 Å². The zero-order valence-corrected chi connectivity index (χ0v) is 12.7. The van der Waals surface area contributed by atoms with E-state index in [4.69, 9.17) is 4.98 Å². The molecule has 1 N–H and O–H groups in total. The fourth-order valence-corrected chi connectivity index (χ4v) is 2.97. The number of para-hydroxylation sites is 2. The second kappa shape index (κ2) is 5.05. The molecule has 1 aliphatic heterocycles. The van der Waals surface area contributed by atoms with E-state index in [9.17, 15) is 0 Å². The number of hydrogen-bond donors (Lipinski definition) is 1. The van der Waals surface area contributed by atoms with Crippen LogP contribution in [0, 0.1) is 13.8 Å². The van der Waals surface area contributed by atoms with Crippen LogP contribution in [0.4, 0.5) is 5.82 Å². The van der Waals surface area contributed by atoms with Crippen molar-refractivity contribution in [1.82, 2.24) is 24.7 Å². The van der Waals surface area contributed by atoms with Crippen molar-refractivity contribution in [3.63, 3.8) is 0 Å². The Morgan fingerprint density at radius 2 is 1.86 bits per heavy atom. The third-order valence-electron chi connectivity index (χ3n) is 4.05. The van der Waals surface area contributed by atoms with Gasteiger partial charge in [-0.3, -0.25) is 0 Å². The van der Waals surface area contributed by atoms with Gasteiger partial charge in [0.05, 0.1) is 23.3 Å². The maximum Gasteiger partial charge on any atom is 0.148 e. The SMILES string of the molecule is Cc1nc2n(n1)CC(Nc1nc3ccccc3nc1C)CC2. The number of nitrogens with one attached hydrogen (secondary N) is 1. The van der Waals surface area contributed by atoms with Crippen molar-refractivity contribution < 1.29 is 0 Å². The summed E-state index contributed by atoms with van der Waals surface area (Å²) in [6.45, 7) is 4.76. The molecule has 0 aliphatic carbocycles. The Hall–Kier alpha value is -2.50. The van der Waals surface area contributed by atoms with Gasteiger partial charge in [0.2, 0.25) is 0 Å². The van der Waals surface area contributed by atoms with E-state index in [2.05, 4.69) is 20.4 Å². The number of nitrogens with zero attached hydrogens (tertiary/aromatic N) is 5. The Bertz CT molecular complexity index is 838. The Labute approximate surface area is 128 Å². The normalized spacial score (nSPS) is 17.5. The molecule has 3 heterocycles. The van der Waals surface area contributed by atoms with E-state index in [1.165, 1.54) is 0 Å². The molecular formula is C16H18N6. The predicted octanol–water partition coefficient (Wildman–Crippen LogP) is 2.27. The number of fused-ring (bicyclic) bond motifs is 2. The first-order valence-electron chi connectivity index (χ1n) is 7.59. The lowest BCUT2D eigenvalue weighted by Crippen LogP contribution is -2.32. The largest absolute Gasteiger partial charge is 0.364 e. The molecule has 0 radical (unpaired) electrons. The van der Waals surface area contributed by atoms with Gasteiger partial charge < -0.3 is 5.32 Å². The van der Waals surface area contributed by atoms with Crippen LogP contribution in [0.5, 0.6) is 0 Å². The zero-order valence-electron chi connectivity index (χ0n) is 12.7. The van der Waals surface area contributed by atoms with Crippen molar-refractivity contribution in [2.75, 3.05) is 5.32 Å². The van der Waals surface area contributed by atoms with Crippen molar-refractivity contribution >= 4 is 16.9 Å². The standard InChI is InChI=1S/C16H18N6/c1-10-16(20-14-6-4-3-5-13(14)17-10)19-12-7-8-15-18-11(2)21-22(15)9-12/h3-6,12H,7-9H2,1-2H3,(H,19,20). The lowest BCUT2D eigenvalue weighted by molar-refractivity contribution is 0.440. The highest BCUT2D eigenvalue weighted by Crippen LogP contribution is 2.20. The fourth-order valence-electron chi connectivity index (χ4n) is 2.97. The van der Waals surface area contributed by atoms with Gasteiger partial charge in [-0.2, -0.15) is 5.10 Å². The van der Waals surface area contributed by atoms with E-state index < -0.39 is 0 Å². The number of anilines is 1. The lowest BCUT2D eigenvalue weighted by Gasteiger charge is -2.24. The van der Waals surface area contributed by atoms with Gasteiger partial charge in [-0.1, -0.05) is 12.1 Å². The van der Waals surface area contributed by atoms with Crippen LogP contribution in [0.2, 0.25) is 0 Å². The van der Waals surface area contributed by atoms with Crippen molar-refractivity contribution in [3.05, 3.63) is 41.6 Å². The van der Waals surface area contributed by atoms with Gasteiger partial charge >= 0.3 is 0 Å². The van der Waals surface area contributed by atoms with Gasteiger partial charge in [-0.15, -0.1) is 0 Å². The molecular weight excluding hydrogens is 276 g/mol. The second-order valence-corrected chi connectivity index (χ2v) is 5.78. The summed E-state index contributed by atoms with van der Waals surface area (Å²) in [7, 11) is 0. The number of rotatable bonds is 2. The molecule has 0 bridgehead atoms. The first kappa shape index (κ1) is 13.2. The summed E-state index contributed by atoms with van der Waals surface area (Å²) in [5, 5.41) is 7.97. The topological polar surface area (TPSA) is 68.5 Å². The molecule has 4 rings (SSSR count). The van der Waals surface area contributed by atoms with E-state index in [-0.39, 0.29) is 0 Å². The van der Waals surface area contributed by atoms with E-state index in [1.54, 1.807) is 0 Å². The Morgan fingerprint density at radius 3 is 2.68 bits per heavy atom. The van der Waals surface area contributed by atoms with E-state index in [1.807, 2.05) is 42.8 Å². The molecule has 112 valence electrons. The highest BCUT2D eigenvalue weighted by Gasteiger charge is 2.21. The molecule has 6 heteroatoms. The Balaban J connectivity index is 1.60. The van der Waals surface area contributed by atoms with Crippen molar-refractivity contribution in [3.8, 4) is 0 Å². The molecule has 0 spiro atoms. The van der Waals surface area contributed by atoms with Crippen LogP contribution in [-0.2, 0) is 13.0 Å². The van der Waals surface area contributed by atoms with E-state index >= 15 is 0 Å². The maximum atomic E-state index is 4.71. The Kier molecular flexibility index (Phi) is 3.03. The molecule has 0 saturated heterocycles. The molecule has 1 unspecified atom stereocenters. The molecule has 0 fully saturated rings. The van der Waals surface area contributed by atoms with Crippen LogP contribution in [0.15, 0.2) is 24.3 Å². The number of aryl methyl sites for hydroxylation is 3. The predicted molar refractivity (Wildman–Crippen MR) is 84.8 cm³/mol. The molecule has 0 saturated carbocycles. The maximum absolute atomic E-state index is 4.71. The van der Waals surface area contributed by atoms with Crippen LogP contribution in [0.1, 0.15) is 23.8 Å². The van der Waals surface area contributed by atoms with Crippen molar-refractivity contribution in [2.45, 2.75) is 39.3 Å². The highest BCUT2D eigenvalue weighted by atomic mass is 15.4. The van der Waals surface area contributed by atoms with Crippen LogP contribution in [0.25, 0.3) is 11.0 Å². The van der Waals surface area contributed by atoms with Crippen LogP contribution < -0.4 is 5.32 Å². The minimum Gasteiger partial charge on any atom is -0.364 e. The lowest BCUT2D eigenvalue weighted by atomic mass is 10.1. The quantitative estimate of drug-likeness (QED) is 0.785. The molecule has 1 aliphatic rings. The molecule has 1 aromatic carbocycles. The van der Waals surface area contributed by atoms with Crippen LogP contribution >= 0.6 is 0 Å². The molecule has 1 atom stereocenters. The second-order valence-electron chi connectivity index (χ2n) is 5.78. The van der Waals surface area contributed by atoms with Gasteiger partial charge in [0.15, 0.2) is 0 Å². The minimum absolute atomic E-state index is 0.308. The smallest absolute Gasteiger partial charge is 0.148 e. The fraction of sp³-hybridized carbons (Fsp3) is 0.375. The summed E-state index contributed by atoms with van der Waals surface area (Å²) in [6.07, 6.45) is 1.98. The minimum atomic E-state index is 0.308. The first-order chi connectivity index (χ1) is 10.7. The third kappa shape index (κ3) is 2.30. The summed E-state index contributed by atoms with van der Waals surface area (Å²) in [5.74, 6) is 2.79. The molecule has 3 aromatic rings. The van der Waals surface area contributed by atoms with Crippen LogP contribution in [-0.4, -0.2) is 30.8 Å².